The normalized spacial score (nSPS) is 33.0. The largest absolute Gasteiger partial charge is 0.481 e. The topological polar surface area (TPSA) is 104 Å². The smallest absolute Gasteiger partial charge is 0.305 e. The van der Waals surface area contributed by atoms with Crippen LogP contribution in [-0.2, 0) is 19.4 Å². The molecule has 2 rings (SSSR count). The predicted molar refractivity (Wildman–Crippen MR) is 72.0 cm³/mol. The average molecular weight is 304 g/mol. The summed E-state index contributed by atoms with van der Waals surface area (Å²) >= 11 is 0. The molecule has 2 fully saturated rings. The molecule has 2 saturated heterocycles. The van der Waals surface area contributed by atoms with Gasteiger partial charge in [0.1, 0.15) is 0 Å². The second kappa shape index (κ2) is 5.69. The van der Waals surface area contributed by atoms with Crippen LogP contribution < -0.4 is 5.32 Å². The molecule has 0 spiro atoms. The van der Waals surface area contributed by atoms with Gasteiger partial charge in [0, 0.05) is 12.6 Å². The molecule has 20 heavy (non-hydrogen) atoms. The van der Waals surface area contributed by atoms with E-state index in [0.717, 1.165) is 6.54 Å². The Morgan fingerprint density at radius 1 is 1.40 bits per heavy atom. The SMILES string of the molecule is CC1NCCC1C(=O)N1CCS(=O)(=O)CC1CC(=O)O. The fourth-order valence-corrected chi connectivity index (χ4v) is 4.48. The number of hydrogen-bond donors (Lipinski definition) is 2. The molecule has 2 N–H and O–H groups in total. The second-order valence-electron chi connectivity index (χ2n) is 5.54. The Morgan fingerprint density at radius 2 is 2.10 bits per heavy atom. The zero-order chi connectivity index (χ0) is 14.9. The van der Waals surface area contributed by atoms with Crippen molar-refractivity contribution in [2.75, 3.05) is 24.6 Å². The summed E-state index contributed by atoms with van der Waals surface area (Å²) in [4.78, 5) is 24.9. The number of nitrogens with one attached hydrogen (secondary N) is 1. The highest BCUT2D eigenvalue weighted by Gasteiger charge is 2.40. The third-order valence-electron chi connectivity index (χ3n) is 4.07. The van der Waals surface area contributed by atoms with E-state index in [1.165, 1.54) is 4.90 Å². The van der Waals surface area contributed by atoms with Gasteiger partial charge in [-0.25, -0.2) is 8.42 Å². The van der Waals surface area contributed by atoms with E-state index in [0.29, 0.717) is 6.42 Å². The summed E-state index contributed by atoms with van der Waals surface area (Å²) in [6, 6.07) is -0.696. The molecule has 2 aliphatic heterocycles. The standard InChI is InChI=1S/C12H20N2O5S/c1-8-10(2-3-13-8)12(17)14-4-5-20(18,19)7-9(14)6-11(15)16/h8-10,13H,2-7H2,1H3,(H,15,16). The molecule has 0 aromatic rings. The molecule has 0 saturated carbocycles. The highest BCUT2D eigenvalue weighted by molar-refractivity contribution is 7.91. The zero-order valence-electron chi connectivity index (χ0n) is 11.4. The lowest BCUT2D eigenvalue weighted by molar-refractivity contribution is -0.142. The fraction of sp³-hybridized carbons (Fsp3) is 0.833. The van der Waals surface area contributed by atoms with Crippen LogP contribution in [0.4, 0.5) is 0 Å². The van der Waals surface area contributed by atoms with Gasteiger partial charge in [0.15, 0.2) is 9.84 Å². The van der Waals surface area contributed by atoms with E-state index in [1.54, 1.807) is 0 Å². The van der Waals surface area contributed by atoms with Crippen molar-refractivity contribution in [3.63, 3.8) is 0 Å². The molecule has 7 nitrogen and oxygen atoms in total. The van der Waals surface area contributed by atoms with E-state index in [9.17, 15) is 18.0 Å². The van der Waals surface area contributed by atoms with Gasteiger partial charge in [-0.15, -0.1) is 0 Å². The lowest BCUT2D eigenvalue weighted by Crippen LogP contribution is -2.54. The summed E-state index contributed by atoms with van der Waals surface area (Å²) in [6.07, 6.45) is 0.391. The molecule has 3 atom stereocenters. The summed E-state index contributed by atoms with van der Waals surface area (Å²) in [5.41, 5.74) is 0. The van der Waals surface area contributed by atoms with Crippen LogP contribution in [0, 0.1) is 5.92 Å². The van der Waals surface area contributed by atoms with Crippen LogP contribution in [0.25, 0.3) is 0 Å². The van der Waals surface area contributed by atoms with Crippen LogP contribution in [0.15, 0.2) is 0 Å². The van der Waals surface area contributed by atoms with Gasteiger partial charge in [-0.05, 0) is 19.9 Å². The Kier molecular flexibility index (Phi) is 4.33. The lowest BCUT2D eigenvalue weighted by atomic mass is 9.99. The van der Waals surface area contributed by atoms with Gasteiger partial charge in [0.25, 0.3) is 0 Å². The van der Waals surface area contributed by atoms with E-state index in [2.05, 4.69) is 5.32 Å². The number of carbonyl (C=O) groups is 2. The maximum atomic E-state index is 12.5. The van der Waals surface area contributed by atoms with E-state index < -0.39 is 21.8 Å². The molecule has 2 heterocycles. The molecule has 1 amide bonds. The minimum atomic E-state index is -3.25. The summed E-state index contributed by atoms with van der Waals surface area (Å²) in [5, 5.41) is 12.1. The monoisotopic (exact) mass is 304 g/mol. The van der Waals surface area contributed by atoms with Crippen LogP contribution in [0.2, 0.25) is 0 Å². The lowest BCUT2D eigenvalue weighted by Gasteiger charge is -2.36. The number of amides is 1. The molecule has 0 aromatic carbocycles. The van der Waals surface area contributed by atoms with E-state index in [-0.39, 0.29) is 42.3 Å². The number of aliphatic carboxylic acids is 1. The van der Waals surface area contributed by atoms with Crippen molar-refractivity contribution in [3.05, 3.63) is 0 Å². The molecule has 0 aromatic heterocycles. The Morgan fingerprint density at radius 3 is 2.65 bits per heavy atom. The second-order valence-corrected chi connectivity index (χ2v) is 7.76. The Bertz CT molecular complexity index is 504. The van der Waals surface area contributed by atoms with Crippen LogP contribution in [0.5, 0.6) is 0 Å². The van der Waals surface area contributed by atoms with Gasteiger partial charge in [-0.1, -0.05) is 0 Å². The molecular formula is C12H20N2O5S. The van der Waals surface area contributed by atoms with E-state index >= 15 is 0 Å². The molecular weight excluding hydrogens is 284 g/mol. The van der Waals surface area contributed by atoms with Crippen molar-refractivity contribution < 1.29 is 23.1 Å². The zero-order valence-corrected chi connectivity index (χ0v) is 12.2. The minimum Gasteiger partial charge on any atom is -0.481 e. The highest BCUT2D eigenvalue weighted by atomic mass is 32.2. The van der Waals surface area contributed by atoms with E-state index in [4.69, 9.17) is 5.11 Å². The first-order valence-electron chi connectivity index (χ1n) is 6.76. The van der Waals surface area contributed by atoms with Crippen molar-refractivity contribution in [1.82, 2.24) is 10.2 Å². The third-order valence-corrected chi connectivity index (χ3v) is 5.76. The van der Waals surface area contributed by atoms with Gasteiger partial charge < -0.3 is 15.3 Å². The first-order chi connectivity index (χ1) is 9.30. The molecule has 0 radical (unpaired) electrons. The summed E-state index contributed by atoms with van der Waals surface area (Å²) in [6.45, 7) is 2.78. The highest BCUT2D eigenvalue weighted by Crippen LogP contribution is 2.23. The van der Waals surface area contributed by atoms with Gasteiger partial charge >= 0.3 is 5.97 Å². The number of carbonyl (C=O) groups excluding carboxylic acids is 1. The van der Waals surface area contributed by atoms with Gasteiger partial charge in [-0.3, -0.25) is 9.59 Å². The number of hydrogen-bond acceptors (Lipinski definition) is 5. The van der Waals surface area contributed by atoms with Crippen LogP contribution >= 0.6 is 0 Å². The average Bonchev–Trinajstić information content (AvgIpc) is 2.73. The fourth-order valence-electron chi connectivity index (χ4n) is 2.96. The molecule has 0 aliphatic carbocycles. The van der Waals surface area contributed by atoms with Crippen LogP contribution in [0.1, 0.15) is 19.8 Å². The quantitative estimate of drug-likeness (QED) is 0.699. The summed E-state index contributed by atoms with van der Waals surface area (Å²) in [5.74, 6) is -1.72. The van der Waals surface area contributed by atoms with Crippen LogP contribution in [0.3, 0.4) is 0 Å². The van der Waals surface area contributed by atoms with Gasteiger partial charge in [0.2, 0.25) is 5.91 Å². The van der Waals surface area contributed by atoms with Crippen molar-refractivity contribution in [1.29, 1.82) is 0 Å². The first-order valence-corrected chi connectivity index (χ1v) is 8.58. The van der Waals surface area contributed by atoms with Crippen LogP contribution in [-0.4, -0.2) is 67.0 Å². The molecule has 8 heteroatoms. The molecule has 0 bridgehead atoms. The Balaban J connectivity index is 2.15. The number of rotatable bonds is 3. The number of carboxylic acid groups (broad SMARTS) is 1. The maximum Gasteiger partial charge on any atom is 0.305 e. The predicted octanol–water partition coefficient (Wildman–Crippen LogP) is -0.915. The third kappa shape index (κ3) is 3.29. The minimum absolute atomic E-state index is 0.0477. The van der Waals surface area contributed by atoms with Crippen molar-refractivity contribution in [3.8, 4) is 0 Å². The number of nitrogens with zero attached hydrogens (tertiary/aromatic N) is 1. The molecule has 114 valence electrons. The van der Waals surface area contributed by atoms with E-state index in [1.807, 2.05) is 6.92 Å². The maximum absolute atomic E-state index is 12.5. The number of carboxylic acids is 1. The van der Waals surface area contributed by atoms with Gasteiger partial charge in [-0.2, -0.15) is 0 Å². The van der Waals surface area contributed by atoms with Crippen molar-refractivity contribution >= 4 is 21.7 Å². The van der Waals surface area contributed by atoms with Crippen molar-refractivity contribution in [2.24, 2.45) is 5.92 Å². The molecule has 3 unspecified atom stereocenters. The number of sulfone groups is 1. The molecule has 2 aliphatic rings. The summed E-state index contributed by atoms with van der Waals surface area (Å²) < 4.78 is 23.3. The summed E-state index contributed by atoms with van der Waals surface area (Å²) in [7, 11) is -3.25. The van der Waals surface area contributed by atoms with Crippen molar-refractivity contribution in [2.45, 2.75) is 31.8 Å². The Hall–Kier alpha value is -1.15. The Labute approximate surface area is 118 Å². The van der Waals surface area contributed by atoms with Gasteiger partial charge in [0.05, 0.1) is 29.9 Å². The first kappa shape index (κ1) is 15.2.